The van der Waals surface area contributed by atoms with Gasteiger partial charge in [-0.25, -0.2) is 0 Å². The summed E-state index contributed by atoms with van der Waals surface area (Å²) in [6, 6.07) is 0. The average molecular weight is 819 g/mol. The molecule has 0 saturated carbocycles. The predicted octanol–water partition coefficient (Wildman–Crippen LogP) is 16.6. The average Bonchev–Trinajstić information content (AvgIpc) is 3.22. The first-order valence-corrected chi connectivity index (χ1v) is 25.7. The Morgan fingerprint density at radius 1 is 0.328 bits per heavy atom. The molecule has 0 aromatic rings. The molecule has 58 heavy (non-hydrogen) atoms. The summed E-state index contributed by atoms with van der Waals surface area (Å²) in [5.74, 6) is -0.865. The van der Waals surface area contributed by atoms with E-state index in [2.05, 4.69) is 32.9 Å². The third kappa shape index (κ3) is 45.2. The molecule has 0 aliphatic heterocycles. The molecule has 0 amide bonds. The molecular weight excluding hydrogens is 721 g/mol. The van der Waals surface area contributed by atoms with Crippen LogP contribution in [0.4, 0.5) is 0 Å². The first kappa shape index (κ1) is 56.1. The highest BCUT2D eigenvalue weighted by Gasteiger charge is 2.19. The molecular formula is C52H98O6. The van der Waals surface area contributed by atoms with E-state index in [1.165, 1.54) is 180 Å². The lowest BCUT2D eigenvalue weighted by molar-refractivity contribution is -0.167. The first-order chi connectivity index (χ1) is 28.5. The lowest BCUT2D eigenvalue weighted by atomic mass is 10.0. The normalized spacial score (nSPS) is 12.0. The fourth-order valence-corrected chi connectivity index (χ4v) is 7.60. The quantitative estimate of drug-likeness (QED) is 0.0263. The Morgan fingerprint density at radius 3 is 0.914 bits per heavy atom. The number of allylic oxidation sites excluding steroid dienone is 2. The van der Waals surface area contributed by atoms with Crippen LogP contribution >= 0.6 is 0 Å². The van der Waals surface area contributed by atoms with Crippen molar-refractivity contribution in [3.8, 4) is 0 Å². The van der Waals surface area contributed by atoms with Gasteiger partial charge in [0.1, 0.15) is 13.2 Å². The van der Waals surface area contributed by atoms with Crippen molar-refractivity contribution < 1.29 is 28.6 Å². The van der Waals surface area contributed by atoms with Crippen molar-refractivity contribution in [2.75, 3.05) is 13.2 Å². The van der Waals surface area contributed by atoms with Gasteiger partial charge in [0.2, 0.25) is 0 Å². The molecule has 0 aromatic heterocycles. The third-order valence-electron chi connectivity index (χ3n) is 11.5. The van der Waals surface area contributed by atoms with E-state index < -0.39 is 6.10 Å². The summed E-state index contributed by atoms with van der Waals surface area (Å²) in [6.07, 6.45) is 52.0. The minimum atomic E-state index is -0.766. The molecule has 6 heteroatoms. The van der Waals surface area contributed by atoms with E-state index in [4.69, 9.17) is 14.2 Å². The lowest BCUT2D eigenvalue weighted by Gasteiger charge is -2.18. The molecule has 0 rings (SSSR count). The van der Waals surface area contributed by atoms with Crippen molar-refractivity contribution in [2.24, 2.45) is 0 Å². The SMILES string of the molecule is CCCC/C=C\CCCCCCCC(=O)O[C@H](COC(=O)CCCCCCCCCCCC)COC(=O)CCCCCCCCCCCCCCCCCCCCC. The topological polar surface area (TPSA) is 78.9 Å². The number of unbranched alkanes of at least 4 members (excludes halogenated alkanes) is 34. The van der Waals surface area contributed by atoms with E-state index in [9.17, 15) is 14.4 Å². The highest BCUT2D eigenvalue weighted by Crippen LogP contribution is 2.16. The van der Waals surface area contributed by atoms with Crippen LogP contribution < -0.4 is 0 Å². The molecule has 0 aromatic carbocycles. The summed E-state index contributed by atoms with van der Waals surface area (Å²) in [6.45, 7) is 6.61. The van der Waals surface area contributed by atoms with E-state index in [1.54, 1.807) is 0 Å². The summed E-state index contributed by atoms with van der Waals surface area (Å²) >= 11 is 0. The van der Waals surface area contributed by atoms with Crippen molar-refractivity contribution in [3.05, 3.63) is 12.2 Å². The van der Waals surface area contributed by atoms with Crippen LogP contribution in [0.25, 0.3) is 0 Å². The van der Waals surface area contributed by atoms with Crippen LogP contribution in [0.5, 0.6) is 0 Å². The predicted molar refractivity (Wildman–Crippen MR) is 247 cm³/mol. The minimum Gasteiger partial charge on any atom is -0.462 e. The number of ether oxygens (including phenoxy) is 3. The van der Waals surface area contributed by atoms with Crippen LogP contribution in [0.1, 0.15) is 284 Å². The van der Waals surface area contributed by atoms with Crippen LogP contribution in [0.15, 0.2) is 12.2 Å². The molecule has 0 unspecified atom stereocenters. The third-order valence-corrected chi connectivity index (χ3v) is 11.5. The van der Waals surface area contributed by atoms with E-state index in [1.807, 2.05) is 0 Å². The maximum atomic E-state index is 12.7. The molecule has 0 fully saturated rings. The smallest absolute Gasteiger partial charge is 0.306 e. The molecule has 0 aliphatic rings. The van der Waals surface area contributed by atoms with Gasteiger partial charge in [0, 0.05) is 19.3 Å². The molecule has 0 bridgehead atoms. The fourth-order valence-electron chi connectivity index (χ4n) is 7.60. The zero-order valence-corrected chi connectivity index (χ0v) is 39.1. The number of rotatable bonds is 47. The van der Waals surface area contributed by atoms with Gasteiger partial charge in [0.25, 0.3) is 0 Å². The Kier molecular flexibility index (Phi) is 46.3. The molecule has 342 valence electrons. The standard InChI is InChI=1S/C52H98O6/c1-4-7-10-13-16-19-22-23-24-25-26-27-28-29-31-33-36-39-42-45-51(54)57-48-49(47-56-50(53)44-41-38-35-32-21-18-15-12-9-6-3)58-52(55)46-43-40-37-34-30-20-17-14-11-8-5-2/h14,17,49H,4-13,15-16,18-48H2,1-3H3/b17-14-/t49-/m1/s1. The van der Waals surface area contributed by atoms with Crippen LogP contribution in [-0.4, -0.2) is 37.2 Å². The van der Waals surface area contributed by atoms with Gasteiger partial charge in [-0.3, -0.25) is 14.4 Å². The summed E-state index contributed by atoms with van der Waals surface area (Å²) in [5.41, 5.74) is 0. The lowest BCUT2D eigenvalue weighted by Crippen LogP contribution is -2.30. The van der Waals surface area contributed by atoms with Crippen molar-refractivity contribution in [1.82, 2.24) is 0 Å². The van der Waals surface area contributed by atoms with Crippen LogP contribution in [-0.2, 0) is 28.6 Å². The second-order valence-corrected chi connectivity index (χ2v) is 17.4. The van der Waals surface area contributed by atoms with Gasteiger partial charge in [0.05, 0.1) is 0 Å². The van der Waals surface area contributed by atoms with E-state index >= 15 is 0 Å². The summed E-state index contributed by atoms with van der Waals surface area (Å²) in [7, 11) is 0. The Morgan fingerprint density at radius 2 is 0.586 bits per heavy atom. The number of carbonyl (C=O) groups excluding carboxylic acids is 3. The van der Waals surface area contributed by atoms with Crippen LogP contribution in [0.3, 0.4) is 0 Å². The van der Waals surface area contributed by atoms with E-state index in [-0.39, 0.29) is 31.1 Å². The van der Waals surface area contributed by atoms with Crippen molar-refractivity contribution in [2.45, 2.75) is 290 Å². The van der Waals surface area contributed by atoms with Crippen molar-refractivity contribution in [3.63, 3.8) is 0 Å². The zero-order valence-electron chi connectivity index (χ0n) is 39.1. The maximum Gasteiger partial charge on any atom is 0.306 e. The fraction of sp³-hybridized carbons (Fsp3) is 0.904. The Balaban J connectivity index is 4.22. The van der Waals surface area contributed by atoms with E-state index in [0.717, 1.165) is 64.2 Å². The highest BCUT2D eigenvalue weighted by molar-refractivity contribution is 5.71. The Labute approximate surface area is 360 Å². The molecule has 0 N–H and O–H groups in total. The van der Waals surface area contributed by atoms with Gasteiger partial charge >= 0.3 is 17.9 Å². The largest absolute Gasteiger partial charge is 0.462 e. The van der Waals surface area contributed by atoms with Crippen molar-refractivity contribution in [1.29, 1.82) is 0 Å². The molecule has 6 nitrogen and oxygen atoms in total. The molecule has 0 aliphatic carbocycles. The number of carbonyl (C=O) groups is 3. The molecule has 0 radical (unpaired) electrons. The second kappa shape index (κ2) is 47.8. The van der Waals surface area contributed by atoms with Gasteiger partial charge in [-0.1, -0.05) is 238 Å². The minimum absolute atomic E-state index is 0.0684. The maximum absolute atomic E-state index is 12.7. The van der Waals surface area contributed by atoms with E-state index in [0.29, 0.717) is 19.3 Å². The first-order valence-electron chi connectivity index (χ1n) is 25.7. The van der Waals surface area contributed by atoms with Crippen molar-refractivity contribution >= 4 is 17.9 Å². The molecule has 0 heterocycles. The molecule has 0 saturated heterocycles. The van der Waals surface area contributed by atoms with Gasteiger partial charge < -0.3 is 14.2 Å². The Bertz CT molecular complexity index is 900. The van der Waals surface area contributed by atoms with Gasteiger partial charge in [0.15, 0.2) is 6.10 Å². The van der Waals surface area contributed by atoms with Crippen LogP contribution in [0.2, 0.25) is 0 Å². The monoisotopic (exact) mass is 819 g/mol. The zero-order chi connectivity index (χ0) is 42.3. The number of hydrogen-bond acceptors (Lipinski definition) is 6. The molecule has 1 atom stereocenters. The van der Waals surface area contributed by atoms with Gasteiger partial charge in [-0.15, -0.1) is 0 Å². The summed E-state index contributed by atoms with van der Waals surface area (Å²) < 4.78 is 16.8. The second-order valence-electron chi connectivity index (χ2n) is 17.4. The van der Waals surface area contributed by atoms with Gasteiger partial charge in [-0.05, 0) is 38.5 Å². The van der Waals surface area contributed by atoms with Crippen LogP contribution in [0, 0.1) is 0 Å². The highest BCUT2D eigenvalue weighted by atomic mass is 16.6. The summed E-state index contributed by atoms with van der Waals surface area (Å²) in [4.78, 5) is 37.8. The summed E-state index contributed by atoms with van der Waals surface area (Å²) in [5, 5.41) is 0. The Hall–Kier alpha value is -1.85. The number of hydrogen-bond donors (Lipinski definition) is 0. The number of esters is 3. The molecule has 0 spiro atoms. The van der Waals surface area contributed by atoms with Gasteiger partial charge in [-0.2, -0.15) is 0 Å².